The second-order valence-corrected chi connectivity index (χ2v) is 9.70. The molecule has 0 radical (unpaired) electrons. The molecule has 2 aromatic rings. The van der Waals surface area contributed by atoms with Crippen LogP contribution in [0, 0.1) is 5.92 Å². The highest BCUT2D eigenvalue weighted by atomic mass is 16.4. The van der Waals surface area contributed by atoms with E-state index in [2.05, 4.69) is 59.5 Å². The Morgan fingerprint density at radius 2 is 1.57 bits per heavy atom. The number of carboxylic acid groups (broad SMARTS) is 1. The zero-order chi connectivity index (χ0) is 25.1. The molecule has 2 unspecified atom stereocenters. The maximum atomic E-state index is 13.1. The van der Waals surface area contributed by atoms with Gasteiger partial charge in [0.15, 0.2) is 0 Å². The quantitative estimate of drug-likeness (QED) is 0.623. The van der Waals surface area contributed by atoms with Crippen LogP contribution < -0.4 is 9.80 Å². The van der Waals surface area contributed by atoms with Gasteiger partial charge in [-0.05, 0) is 66.3 Å². The van der Waals surface area contributed by atoms with Crippen molar-refractivity contribution in [1.82, 2.24) is 5.01 Å². The Hall–Kier alpha value is -3.61. The van der Waals surface area contributed by atoms with Crippen LogP contribution in [0.5, 0.6) is 0 Å². The first-order chi connectivity index (χ1) is 16.7. The molecule has 2 aromatic carbocycles. The molecule has 2 aliphatic rings. The van der Waals surface area contributed by atoms with Crippen molar-refractivity contribution >= 4 is 35.0 Å². The van der Waals surface area contributed by atoms with Crippen molar-refractivity contribution in [3.8, 4) is 0 Å². The predicted octanol–water partition coefficient (Wildman–Crippen LogP) is 4.81. The molecule has 0 aromatic heterocycles. The van der Waals surface area contributed by atoms with Gasteiger partial charge in [0, 0.05) is 51.9 Å². The molecule has 7 heteroatoms. The van der Waals surface area contributed by atoms with Gasteiger partial charge in [-0.1, -0.05) is 24.3 Å². The summed E-state index contributed by atoms with van der Waals surface area (Å²) in [7, 11) is 8.04. The Bertz CT molecular complexity index is 1130. The number of anilines is 2. The maximum Gasteiger partial charge on any atom is 0.303 e. The third-order valence-corrected chi connectivity index (χ3v) is 6.81. The van der Waals surface area contributed by atoms with Gasteiger partial charge in [0.05, 0.1) is 18.2 Å². The van der Waals surface area contributed by atoms with Crippen LogP contribution in [0.1, 0.15) is 49.3 Å². The zero-order valence-corrected chi connectivity index (χ0v) is 20.9. The molecular weight excluding hydrogens is 440 g/mol. The van der Waals surface area contributed by atoms with Gasteiger partial charge < -0.3 is 14.9 Å². The largest absolute Gasteiger partial charge is 0.481 e. The van der Waals surface area contributed by atoms with E-state index in [1.807, 2.05) is 33.1 Å². The van der Waals surface area contributed by atoms with Gasteiger partial charge >= 0.3 is 5.97 Å². The summed E-state index contributed by atoms with van der Waals surface area (Å²) in [5.41, 5.74) is 6.47. The number of carboxylic acids is 1. The van der Waals surface area contributed by atoms with E-state index in [1.54, 1.807) is 5.01 Å². The Labute approximate surface area is 207 Å². The van der Waals surface area contributed by atoms with Crippen molar-refractivity contribution in [3.05, 3.63) is 65.2 Å². The van der Waals surface area contributed by atoms with Crippen molar-refractivity contribution in [2.75, 3.05) is 38.0 Å². The highest BCUT2D eigenvalue weighted by molar-refractivity contribution is 6.08. The number of carbonyl (C=O) groups excluding carboxylic acids is 1. The molecule has 7 nitrogen and oxygen atoms in total. The van der Waals surface area contributed by atoms with Crippen molar-refractivity contribution in [1.29, 1.82) is 0 Å². The second kappa shape index (κ2) is 10.3. The van der Waals surface area contributed by atoms with E-state index >= 15 is 0 Å². The summed E-state index contributed by atoms with van der Waals surface area (Å²) in [6.07, 6.45) is 4.80. The standard InChI is InChI=1S/C28H34N4O3/c1-30(2)22-12-8-19(9-13-22)18-21-6-5-7-24-27(21)29-32(25(33)16-17-26(34)35)28(24)20-10-14-23(15-11-20)31(3)4/h8-15,18,24,28H,5-7,16-17H2,1-4H3,(H,34,35). The summed E-state index contributed by atoms with van der Waals surface area (Å²) in [5.74, 6) is -1.13. The molecule has 1 saturated carbocycles. The molecule has 1 N–H and O–H groups in total. The van der Waals surface area contributed by atoms with Crippen LogP contribution in [0.3, 0.4) is 0 Å². The average molecular weight is 475 g/mol. The molecule has 1 amide bonds. The van der Waals surface area contributed by atoms with E-state index in [-0.39, 0.29) is 30.7 Å². The lowest BCUT2D eigenvalue weighted by Crippen LogP contribution is -2.32. The summed E-state index contributed by atoms with van der Waals surface area (Å²) in [6.45, 7) is 0. The third kappa shape index (κ3) is 5.39. The first-order valence-corrected chi connectivity index (χ1v) is 12.1. The van der Waals surface area contributed by atoms with E-state index in [1.165, 1.54) is 0 Å². The molecule has 1 aliphatic carbocycles. The Kier molecular flexibility index (Phi) is 7.24. The van der Waals surface area contributed by atoms with Crippen LogP contribution >= 0.6 is 0 Å². The van der Waals surface area contributed by atoms with E-state index in [0.717, 1.165) is 53.0 Å². The zero-order valence-electron chi connectivity index (χ0n) is 20.9. The SMILES string of the molecule is CN(C)c1ccc(C=C2CCCC3C2=NN(C(=O)CCC(=O)O)C3c2ccc(N(C)C)cc2)cc1. The highest BCUT2D eigenvalue weighted by Crippen LogP contribution is 2.45. The molecule has 4 rings (SSSR count). The Morgan fingerprint density at radius 3 is 2.14 bits per heavy atom. The van der Waals surface area contributed by atoms with Crippen molar-refractivity contribution in [2.24, 2.45) is 11.0 Å². The summed E-state index contributed by atoms with van der Waals surface area (Å²) in [4.78, 5) is 28.4. The fourth-order valence-corrected chi connectivity index (χ4v) is 4.91. The number of amides is 1. The average Bonchev–Trinajstić information content (AvgIpc) is 3.23. The number of carbonyl (C=O) groups is 2. The smallest absolute Gasteiger partial charge is 0.303 e. The first-order valence-electron chi connectivity index (χ1n) is 12.1. The van der Waals surface area contributed by atoms with Crippen LogP contribution in [0.4, 0.5) is 11.4 Å². The minimum atomic E-state index is -0.976. The van der Waals surface area contributed by atoms with Crippen LogP contribution in [0.25, 0.3) is 6.08 Å². The summed E-state index contributed by atoms with van der Waals surface area (Å²) in [5, 5.41) is 15.5. The van der Waals surface area contributed by atoms with Gasteiger partial charge in [-0.15, -0.1) is 0 Å². The van der Waals surface area contributed by atoms with Gasteiger partial charge in [-0.2, -0.15) is 5.10 Å². The maximum absolute atomic E-state index is 13.1. The number of benzene rings is 2. The number of aliphatic carboxylic acids is 1. The second-order valence-electron chi connectivity index (χ2n) is 9.70. The van der Waals surface area contributed by atoms with Crippen LogP contribution in [0.15, 0.2) is 59.2 Å². The van der Waals surface area contributed by atoms with Gasteiger partial charge in [0.25, 0.3) is 0 Å². The number of hydrazone groups is 1. The minimum absolute atomic E-state index is 0.0594. The van der Waals surface area contributed by atoms with Crippen molar-refractivity contribution in [2.45, 2.75) is 38.1 Å². The fraction of sp³-hybridized carbons (Fsp3) is 0.393. The van der Waals surface area contributed by atoms with Crippen LogP contribution in [-0.2, 0) is 9.59 Å². The molecule has 0 spiro atoms. The topological polar surface area (TPSA) is 76.4 Å². The number of nitrogens with zero attached hydrogens (tertiary/aromatic N) is 4. The molecule has 0 saturated heterocycles. The van der Waals surface area contributed by atoms with Gasteiger partial charge in [-0.3, -0.25) is 9.59 Å². The molecule has 35 heavy (non-hydrogen) atoms. The van der Waals surface area contributed by atoms with Crippen LogP contribution in [0.2, 0.25) is 0 Å². The number of rotatable bonds is 7. The predicted molar refractivity (Wildman–Crippen MR) is 141 cm³/mol. The molecule has 1 heterocycles. The Balaban J connectivity index is 1.68. The number of hydrogen-bond donors (Lipinski definition) is 1. The Morgan fingerprint density at radius 1 is 0.971 bits per heavy atom. The monoisotopic (exact) mass is 474 g/mol. The van der Waals surface area contributed by atoms with Crippen LogP contribution in [-0.4, -0.2) is 55.9 Å². The van der Waals surface area contributed by atoms with Gasteiger partial charge in [0.1, 0.15) is 0 Å². The van der Waals surface area contributed by atoms with E-state index in [0.29, 0.717) is 0 Å². The molecule has 0 bridgehead atoms. The van der Waals surface area contributed by atoms with E-state index < -0.39 is 5.97 Å². The molecule has 1 fully saturated rings. The highest BCUT2D eigenvalue weighted by Gasteiger charge is 2.43. The lowest BCUT2D eigenvalue weighted by atomic mass is 9.77. The lowest BCUT2D eigenvalue weighted by Gasteiger charge is -2.30. The number of allylic oxidation sites excluding steroid dienone is 1. The molecule has 184 valence electrons. The van der Waals surface area contributed by atoms with Gasteiger partial charge in [0.2, 0.25) is 5.91 Å². The minimum Gasteiger partial charge on any atom is -0.481 e. The molecular formula is C28H34N4O3. The summed E-state index contributed by atoms with van der Waals surface area (Å²) >= 11 is 0. The number of fused-ring (bicyclic) bond motifs is 1. The normalized spacial score (nSPS) is 20.4. The van der Waals surface area contributed by atoms with E-state index in [9.17, 15) is 9.59 Å². The summed E-state index contributed by atoms with van der Waals surface area (Å²) in [6, 6.07) is 16.4. The first kappa shape index (κ1) is 24.5. The van der Waals surface area contributed by atoms with E-state index in [4.69, 9.17) is 10.2 Å². The summed E-state index contributed by atoms with van der Waals surface area (Å²) < 4.78 is 0. The molecule has 1 aliphatic heterocycles. The van der Waals surface area contributed by atoms with Gasteiger partial charge in [-0.25, -0.2) is 5.01 Å². The van der Waals surface area contributed by atoms with Crippen molar-refractivity contribution in [3.63, 3.8) is 0 Å². The number of hydrogen-bond acceptors (Lipinski definition) is 5. The lowest BCUT2D eigenvalue weighted by molar-refractivity contribution is -0.141. The fourth-order valence-electron chi connectivity index (χ4n) is 4.91. The molecule has 2 atom stereocenters. The van der Waals surface area contributed by atoms with Crippen molar-refractivity contribution < 1.29 is 14.7 Å². The third-order valence-electron chi connectivity index (χ3n) is 6.81.